The second kappa shape index (κ2) is 9.06. The number of rotatable bonds is 3. The Morgan fingerprint density at radius 1 is 0.914 bits per heavy atom. The number of para-hydroxylation sites is 2. The zero-order valence-electron chi connectivity index (χ0n) is 20.3. The van der Waals surface area contributed by atoms with Crippen LogP contribution in [0.25, 0.3) is 10.9 Å². The maximum Gasteiger partial charge on any atom is 0.246 e. The fourth-order valence-corrected chi connectivity index (χ4v) is 6.56. The summed E-state index contributed by atoms with van der Waals surface area (Å²) < 4.78 is 5.72. The van der Waals surface area contributed by atoms with Gasteiger partial charge in [-0.25, -0.2) is 0 Å². The van der Waals surface area contributed by atoms with E-state index in [4.69, 9.17) is 4.74 Å². The first kappa shape index (κ1) is 22.2. The van der Waals surface area contributed by atoms with Crippen molar-refractivity contribution in [2.45, 2.75) is 69.5 Å². The van der Waals surface area contributed by atoms with E-state index in [0.29, 0.717) is 6.42 Å². The third-order valence-corrected chi connectivity index (χ3v) is 8.24. The molecule has 0 unspecified atom stereocenters. The molecule has 1 aromatic heterocycles. The van der Waals surface area contributed by atoms with Gasteiger partial charge >= 0.3 is 0 Å². The zero-order chi connectivity index (χ0) is 23.9. The van der Waals surface area contributed by atoms with Crippen LogP contribution in [0.1, 0.15) is 67.8 Å². The van der Waals surface area contributed by atoms with Crippen LogP contribution >= 0.6 is 0 Å². The molecule has 182 valence electrons. The molecule has 3 aliphatic rings. The molecule has 35 heavy (non-hydrogen) atoms. The van der Waals surface area contributed by atoms with Crippen LogP contribution in [0.15, 0.2) is 48.5 Å². The molecule has 1 saturated carbocycles. The fraction of sp³-hybridized carbons (Fsp3) is 0.448. The van der Waals surface area contributed by atoms with Crippen molar-refractivity contribution in [1.82, 2.24) is 14.8 Å². The molecule has 0 radical (unpaired) electrons. The molecule has 0 spiro atoms. The fourth-order valence-electron chi connectivity index (χ4n) is 6.56. The molecule has 1 aliphatic carbocycles. The number of carbonyl (C=O) groups excluding carboxylic acids is 2. The lowest BCUT2D eigenvalue weighted by Crippen LogP contribution is -2.64. The van der Waals surface area contributed by atoms with Crippen LogP contribution in [0.2, 0.25) is 0 Å². The summed E-state index contributed by atoms with van der Waals surface area (Å²) in [5.41, 5.74) is 4.08. The Bertz CT molecular complexity index is 1260. The van der Waals surface area contributed by atoms with Crippen LogP contribution in [0.5, 0.6) is 5.75 Å². The smallest absolute Gasteiger partial charge is 0.246 e. The number of methoxy groups -OCH3 is 1. The van der Waals surface area contributed by atoms with Crippen molar-refractivity contribution >= 4 is 22.7 Å². The van der Waals surface area contributed by atoms with Crippen molar-refractivity contribution < 1.29 is 14.3 Å². The number of ether oxygens (including phenoxy) is 1. The topological polar surface area (TPSA) is 65.6 Å². The first-order valence-electron chi connectivity index (χ1n) is 13.0. The molecule has 3 aromatic rings. The second-order valence-corrected chi connectivity index (χ2v) is 10.2. The maximum atomic E-state index is 14.1. The molecule has 2 amide bonds. The molecule has 6 heteroatoms. The number of benzene rings is 2. The molecule has 1 N–H and O–H groups in total. The van der Waals surface area contributed by atoms with E-state index in [0.717, 1.165) is 59.2 Å². The van der Waals surface area contributed by atoms with Crippen LogP contribution in [0.3, 0.4) is 0 Å². The van der Waals surface area contributed by atoms with Gasteiger partial charge in [-0.15, -0.1) is 0 Å². The lowest BCUT2D eigenvalue weighted by molar-refractivity contribution is -0.161. The zero-order valence-corrected chi connectivity index (χ0v) is 20.3. The monoisotopic (exact) mass is 471 g/mol. The van der Waals surface area contributed by atoms with Crippen molar-refractivity contribution in [1.29, 1.82) is 0 Å². The average molecular weight is 472 g/mol. The van der Waals surface area contributed by atoms with Gasteiger partial charge in [-0.2, -0.15) is 0 Å². The summed E-state index contributed by atoms with van der Waals surface area (Å²) in [6.45, 7) is 0.168. The molecule has 2 aliphatic heterocycles. The van der Waals surface area contributed by atoms with E-state index in [1.807, 2.05) is 46.2 Å². The quantitative estimate of drug-likeness (QED) is 0.586. The minimum atomic E-state index is -0.497. The van der Waals surface area contributed by atoms with Gasteiger partial charge < -0.3 is 19.5 Å². The Morgan fingerprint density at radius 2 is 1.63 bits per heavy atom. The van der Waals surface area contributed by atoms with E-state index in [1.165, 1.54) is 19.3 Å². The predicted octanol–water partition coefficient (Wildman–Crippen LogP) is 4.97. The number of piperazine rings is 1. The van der Waals surface area contributed by atoms with E-state index < -0.39 is 6.04 Å². The summed E-state index contributed by atoms with van der Waals surface area (Å²) in [5, 5.41) is 1.13. The highest BCUT2D eigenvalue weighted by atomic mass is 16.5. The lowest BCUT2D eigenvalue weighted by atomic mass is 9.85. The van der Waals surface area contributed by atoms with Crippen LogP contribution in [-0.4, -0.2) is 52.3 Å². The van der Waals surface area contributed by atoms with E-state index >= 15 is 0 Å². The van der Waals surface area contributed by atoms with Gasteiger partial charge in [0.15, 0.2) is 0 Å². The number of aromatic nitrogens is 1. The van der Waals surface area contributed by atoms with Crippen LogP contribution in [0.4, 0.5) is 0 Å². The van der Waals surface area contributed by atoms with Gasteiger partial charge in [-0.1, -0.05) is 68.5 Å². The van der Waals surface area contributed by atoms with Crippen LogP contribution in [-0.2, 0) is 16.0 Å². The highest BCUT2D eigenvalue weighted by Gasteiger charge is 2.49. The van der Waals surface area contributed by atoms with Crippen LogP contribution in [0, 0.1) is 0 Å². The predicted molar refractivity (Wildman–Crippen MR) is 135 cm³/mol. The summed E-state index contributed by atoms with van der Waals surface area (Å²) in [7, 11) is 1.66. The largest absolute Gasteiger partial charge is 0.496 e. The molecule has 2 aromatic carbocycles. The van der Waals surface area contributed by atoms with Crippen molar-refractivity contribution in [2.24, 2.45) is 0 Å². The standard InChI is InChI=1S/C29H33N3O3/c1-35-25-16-10-8-14-21(25)28-27-22(20-13-7-9-15-23(20)30-27)17-24-29(34)31(18-26(33)32(24)28)19-11-5-3-2-4-6-12-19/h7-10,13-16,19,24,28,30H,2-6,11-12,17-18H2,1H3/t24-,28-/m0/s1. The number of nitrogens with zero attached hydrogens (tertiary/aromatic N) is 2. The van der Waals surface area contributed by atoms with Gasteiger partial charge in [0, 0.05) is 34.6 Å². The number of nitrogens with one attached hydrogen (secondary N) is 1. The summed E-state index contributed by atoms with van der Waals surface area (Å²) in [5.74, 6) is 0.855. The first-order valence-corrected chi connectivity index (χ1v) is 13.0. The summed E-state index contributed by atoms with van der Waals surface area (Å²) >= 11 is 0. The van der Waals surface area contributed by atoms with Crippen molar-refractivity contribution in [3.8, 4) is 5.75 Å². The Balaban J connectivity index is 1.46. The van der Waals surface area contributed by atoms with Crippen LogP contribution < -0.4 is 4.74 Å². The molecular formula is C29H33N3O3. The minimum Gasteiger partial charge on any atom is -0.496 e. The van der Waals surface area contributed by atoms with Crippen molar-refractivity contribution in [3.63, 3.8) is 0 Å². The molecule has 2 atom stereocenters. The van der Waals surface area contributed by atoms with E-state index in [9.17, 15) is 9.59 Å². The molecular weight excluding hydrogens is 438 g/mol. The second-order valence-electron chi connectivity index (χ2n) is 10.2. The molecule has 0 bridgehead atoms. The van der Waals surface area contributed by atoms with Gasteiger partial charge in [0.05, 0.1) is 7.11 Å². The first-order chi connectivity index (χ1) is 17.2. The van der Waals surface area contributed by atoms with Gasteiger partial charge in [0.1, 0.15) is 24.4 Å². The molecule has 6 nitrogen and oxygen atoms in total. The number of carbonyl (C=O) groups is 2. The number of aromatic amines is 1. The summed E-state index contributed by atoms with van der Waals surface area (Å²) in [6.07, 6.45) is 8.52. The number of H-pyrrole nitrogens is 1. The van der Waals surface area contributed by atoms with Gasteiger partial charge in [-0.05, 0) is 30.5 Å². The Morgan fingerprint density at radius 3 is 2.43 bits per heavy atom. The number of fused-ring (bicyclic) bond motifs is 4. The van der Waals surface area contributed by atoms with Gasteiger partial charge in [0.25, 0.3) is 0 Å². The van der Waals surface area contributed by atoms with E-state index in [-0.39, 0.29) is 30.4 Å². The normalized spacial score (nSPS) is 23.6. The molecule has 3 heterocycles. The molecule has 2 fully saturated rings. The minimum absolute atomic E-state index is 0.0249. The summed E-state index contributed by atoms with van der Waals surface area (Å²) in [4.78, 5) is 35.3. The lowest BCUT2D eigenvalue weighted by Gasteiger charge is -2.49. The highest BCUT2D eigenvalue weighted by Crippen LogP contribution is 2.45. The number of hydrogen-bond donors (Lipinski definition) is 1. The highest BCUT2D eigenvalue weighted by molar-refractivity contribution is 5.98. The molecule has 1 saturated heterocycles. The number of amides is 2. The average Bonchev–Trinajstić information content (AvgIpc) is 3.23. The third-order valence-electron chi connectivity index (χ3n) is 8.24. The Hall–Kier alpha value is -3.28. The van der Waals surface area contributed by atoms with E-state index in [1.54, 1.807) is 7.11 Å². The Labute approximate surface area is 206 Å². The molecule has 6 rings (SSSR count). The number of hydrogen-bond acceptors (Lipinski definition) is 3. The van der Waals surface area contributed by atoms with E-state index in [2.05, 4.69) is 17.1 Å². The SMILES string of the molecule is COc1ccccc1[C@H]1c2[nH]c3ccccc3c2C[C@H]2C(=O)N(C3CCCCCCC3)CC(=O)N12. The van der Waals surface area contributed by atoms with Gasteiger partial charge in [0.2, 0.25) is 11.8 Å². The third kappa shape index (κ3) is 3.70. The Kier molecular flexibility index (Phi) is 5.75. The maximum absolute atomic E-state index is 14.1. The van der Waals surface area contributed by atoms with Crippen molar-refractivity contribution in [3.05, 3.63) is 65.4 Å². The summed E-state index contributed by atoms with van der Waals surface area (Å²) in [6, 6.07) is 15.4. The van der Waals surface area contributed by atoms with Crippen molar-refractivity contribution in [2.75, 3.05) is 13.7 Å². The van der Waals surface area contributed by atoms with Gasteiger partial charge in [-0.3, -0.25) is 9.59 Å².